The largest absolute Gasteiger partial charge is 0.289 e. The van der Waals surface area contributed by atoms with Gasteiger partial charge in [-0.05, 0) is 24.3 Å². The number of hydrogen-bond acceptors (Lipinski definition) is 3. The van der Waals surface area contributed by atoms with Gasteiger partial charge in [-0.3, -0.25) is 4.79 Å². The van der Waals surface area contributed by atoms with Gasteiger partial charge in [0.1, 0.15) is 12.5 Å². The van der Waals surface area contributed by atoms with Crippen molar-refractivity contribution in [2.75, 3.05) is 18.3 Å². The Morgan fingerprint density at radius 1 is 0.950 bits per heavy atom. The molecule has 0 saturated heterocycles. The zero-order valence-electron chi connectivity index (χ0n) is 11.5. The highest BCUT2D eigenvalue weighted by atomic mass is 32.2. The first kappa shape index (κ1) is 15.0. The Labute approximate surface area is 125 Å². The lowest BCUT2D eigenvalue weighted by Gasteiger charge is -2.04. The van der Waals surface area contributed by atoms with Gasteiger partial charge in [-0.2, -0.15) is 0 Å². The minimum Gasteiger partial charge on any atom is -0.289 e. The Morgan fingerprint density at radius 2 is 1.50 bits per heavy atom. The molecule has 20 heavy (non-hydrogen) atoms. The molecular formula is C16H17O2S2+. The van der Waals surface area contributed by atoms with Gasteiger partial charge < -0.3 is 0 Å². The van der Waals surface area contributed by atoms with Crippen molar-refractivity contribution in [3.05, 3.63) is 60.2 Å². The van der Waals surface area contributed by atoms with Crippen LogP contribution < -0.4 is 0 Å². The van der Waals surface area contributed by atoms with Gasteiger partial charge in [0.15, 0.2) is 5.75 Å². The SMILES string of the molecule is C[S+](C)(=O)CC(=O)c1ccc(Sc2ccccc2)cc1. The highest BCUT2D eigenvalue weighted by molar-refractivity contribution is 8.02. The lowest BCUT2D eigenvalue weighted by Crippen LogP contribution is -2.19. The summed E-state index contributed by atoms with van der Waals surface area (Å²) in [4.78, 5) is 14.2. The third-order valence-electron chi connectivity index (χ3n) is 2.63. The first-order chi connectivity index (χ1) is 9.44. The summed E-state index contributed by atoms with van der Waals surface area (Å²) in [7, 11) is -2.03. The van der Waals surface area contributed by atoms with Gasteiger partial charge in [-0.1, -0.05) is 42.1 Å². The first-order valence-electron chi connectivity index (χ1n) is 6.22. The molecule has 4 heteroatoms. The number of carbonyl (C=O) groups excluding carboxylic acids is 1. The molecule has 0 amide bonds. The molecule has 0 unspecified atom stereocenters. The third-order valence-corrected chi connectivity index (χ3v) is 4.61. The predicted molar refractivity (Wildman–Crippen MR) is 86.1 cm³/mol. The summed E-state index contributed by atoms with van der Waals surface area (Å²) in [5.74, 6) is 0.0503. The zero-order valence-corrected chi connectivity index (χ0v) is 13.2. The number of ketones is 1. The van der Waals surface area contributed by atoms with Crippen molar-refractivity contribution >= 4 is 27.5 Å². The first-order valence-corrected chi connectivity index (χ1v) is 9.58. The number of hydrogen-bond donors (Lipinski definition) is 0. The summed E-state index contributed by atoms with van der Waals surface area (Å²) in [5, 5.41) is 0. The fraction of sp³-hybridized carbons (Fsp3) is 0.188. The van der Waals surface area contributed by atoms with E-state index in [1.54, 1.807) is 36.4 Å². The molecule has 0 spiro atoms. The molecular weight excluding hydrogens is 288 g/mol. The fourth-order valence-corrected chi connectivity index (χ4v) is 3.37. The van der Waals surface area contributed by atoms with Crippen molar-refractivity contribution in [3.8, 4) is 0 Å². The van der Waals surface area contributed by atoms with Gasteiger partial charge in [0, 0.05) is 15.4 Å². The van der Waals surface area contributed by atoms with Gasteiger partial charge in [0.2, 0.25) is 5.78 Å². The summed E-state index contributed by atoms with van der Waals surface area (Å²) >= 11 is 1.65. The van der Waals surface area contributed by atoms with E-state index in [1.165, 1.54) is 0 Å². The monoisotopic (exact) mass is 305 g/mol. The number of Topliss-reactive ketones (excluding diaryl/α,β-unsaturated/α-hetero) is 1. The minimum atomic E-state index is -2.03. The van der Waals surface area contributed by atoms with Crippen LogP contribution in [0.5, 0.6) is 0 Å². The van der Waals surface area contributed by atoms with Crippen LogP contribution in [0.25, 0.3) is 0 Å². The van der Waals surface area contributed by atoms with Crippen molar-refractivity contribution in [2.24, 2.45) is 0 Å². The van der Waals surface area contributed by atoms with Crippen LogP contribution >= 0.6 is 11.8 Å². The molecule has 0 radical (unpaired) electrons. The molecule has 2 aromatic rings. The third kappa shape index (κ3) is 4.62. The maximum Gasteiger partial charge on any atom is 0.211 e. The molecule has 0 atom stereocenters. The highest BCUT2D eigenvalue weighted by Gasteiger charge is 2.20. The van der Waals surface area contributed by atoms with Gasteiger partial charge in [0.05, 0.1) is 9.93 Å². The summed E-state index contributed by atoms with van der Waals surface area (Å²) in [6, 6.07) is 17.5. The molecule has 0 aliphatic rings. The topological polar surface area (TPSA) is 34.1 Å². The Balaban J connectivity index is 2.07. The van der Waals surface area contributed by atoms with E-state index < -0.39 is 9.93 Å². The molecule has 0 saturated carbocycles. The van der Waals surface area contributed by atoms with E-state index in [4.69, 9.17) is 0 Å². The predicted octanol–water partition coefficient (Wildman–Crippen LogP) is 3.78. The standard InChI is InChI=1S/C16H17O2S2/c1-20(2,18)12-16(17)13-8-10-15(11-9-13)19-14-6-4-3-5-7-14/h3-11H,12H2,1-2H3/q+1. The second kappa shape index (κ2) is 6.37. The van der Waals surface area contributed by atoms with E-state index in [1.807, 2.05) is 42.5 Å². The van der Waals surface area contributed by atoms with Crippen LogP contribution in [-0.2, 0) is 14.1 Å². The smallest absolute Gasteiger partial charge is 0.211 e. The molecule has 104 valence electrons. The van der Waals surface area contributed by atoms with Crippen molar-refractivity contribution in [3.63, 3.8) is 0 Å². The van der Waals surface area contributed by atoms with Crippen LogP contribution in [0.2, 0.25) is 0 Å². The number of benzene rings is 2. The molecule has 2 nitrogen and oxygen atoms in total. The van der Waals surface area contributed by atoms with E-state index in [0.29, 0.717) is 5.56 Å². The second-order valence-electron chi connectivity index (χ2n) is 4.94. The Morgan fingerprint density at radius 3 is 2.05 bits per heavy atom. The normalized spacial score (nSPS) is 11.3. The van der Waals surface area contributed by atoms with Crippen molar-refractivity contribution < 1.29 is 9.00 Å². The van der Waals surface area contributed by atoms with Gasteiger partial charge >= 0.3 is 0 Å². The summed E-state index contributed by atoms with van der Waals surface area (Å²) in [5.41, 5.74) is 0.624. The average molecular weight is 305 g/mol. The van der Waals surface area contributed by atoms with E-state index in [0.717, 1.165) is 9.79 Å². The number of carbonyl (C=O) groups is 1. The Bertz CT molecular complexity index is 627. The van der Waals surface area contributed by atoms with Gasteiger partial charge in [-0.15, -0.1) is 4.21 Å². The van der Waals surface area contributed by atoms with Crippen molar-refractivity contribution in [1.29, 1.82) is 0 Å². The maximum absolute atomic E-state index is 11.9. The number of rotatable bonds is 5. The summed E-state index contributed by atoms with van der Waals surface area (Å²) in [6.45, 7) is 0. The highest BCUT2D eigenvalue weighted by Crippen LogP contribution is 2.27. The Kier molecular flexibility index (Phi) is 4.78. The zero-order chi connectivity index (χ0) is 14.6. The summed E-state index contributed by atoms with van der Waals surface area (Å²) in [6.07, 6.45) is 3.23. The van der Waals surface area contributed by atoms with Crippen LogP contribution in [0.15, 0.2) is 64.4 Å². The molecule has 2 rings (SSSR count). The van der Waals surface area contributed by atoms with E-state index >= 15 is 0 Å². The second-order valence-corrected chi connectivity index (χ2v) is 9.25. The van der Waals surface area contributed by atoms with Crippen molar-refractivity contribution in [1.82, 2.24) is 0 Å². The molecule has 0 heterocycles. The lowest BCUT2D eigenvalue weighted by atomic mass is 10.1. The molecule has 0 fully saturated rings. The fourth-order valence-electron chi connectivity index (χ4n) is 1.73. The quantitative estimate of drug-likeness (QED) is 0.623. The summed E-state index contributed by atoms with van der Waals surface area (Å²) < 4.78 is 11.7. The molecule has 2 aromatic carbocycles. The average Bonchev–Trinajstić information content (AvgIpc) is 2.39. The molecule has 0 aromatic heterocycles. The van der Waals surface area contributed by atoms with Gasteiger partial charge in [0.25, 0.3) is 0 Å². The van der Waals surface area contributed by atoms with Crippen LogP contribution in [0, 0.1) is 0 Å². The molecule has 0 aliphatic carbocycles. The van der Waals surface area contributed by atoms with E-state index in [2.05, 4.69) is 0 Å². The lowest BCUT2D eigenvalue weighted by molar-refractivity contribution is 0.102. The van der Waals surface area contributed by atoms with Crippen LogP contribution in [0.4, 0.5) is 0 Å². The van der Waals surface area contributed by atoms with E-state index in [9.17, 15) is 9.00 Å². The Hall–Kier alpha value is -1.39. The van der Waals surface area contributed by atoms with Crippen LogP contribution in [-0.4, -0.2) is 24.0 Å². The molecule has 0 bridgehead atoms. The molecule has 0 aliphatic heterocycles. The molecule has 0 N–H and O–H groups in total. The van der Waals surface area contributed by atoms with Gasteiger partial charge in [-0.25, -0.2) is 0 Å². The maximum atomic E-state index is 11.9. The van der Waals surface area contributed by atoms with E-state index in [-0.39, 0.29) is 11.5 Å². The minimum absolute atomic E-state index is 0.0590. The van der Waals surface area contributed by atoms with Crippen molar-refractivity contribution in [2.45, 2.75) is 9.79 Å². The van der Waals surface area contributed by atoms with Crippen LogP contribution in [0.3, 0.4) is 0 Å². The van der Waals surface area contributed by atoms with Crippen LogP contribution in [0.1, 0.15) is 10.4 Å².